The number of nitrogens with two attached hydrogens (primary N) is 1. The van der Waals surface area contributed by atoms with Crippen LogP contribution in [0.4, 0.5) is 0 Å². The number of nitrogens with zero attached hydrogens (tertiary/aromatic N) is 1. The average Bonchev–Trinajstić information content (AvgIpc) is 2.27. The Morgan fingerprint density at radius 3 is 1.50 bits per heavy atom. The van der Waals surface area contributed by atoms with Crippen molar-refractivity contribution in [3.63, 3.8) is 0 Å². The summed E-state index contributed by atoms with van der Waals surface area (Å²) in [5, 5.41) is 8.46. The maximum absolute atomic E-state index is 8.46. The lowest BCUT2D eigenvalue weighted by atomic mass is 10.1. The molecule has 0 aromatic carbocycles. The lowest BCUT2D eigenvalue weighted by molar-refractivity contribution is 0.166. The van der Waals surface area contributed by atoms with Gasteiger partial charge in [-0.1, -0.05) is 27.7 Å². The summed E-state index contributed by atoms with van der Waals surface area (Å²) in [6.45, 7) is 19.2. The van der Waals surface area contributed by atoms with Crippen molar-refractivity contribution in [1.29, 1.82) is 0 Å². The molecule has 0 spiro atoms. The Morgan fingerprint density at radius 1 is 0.850 bits per heavy atom. The summed E-state index contributed by atoms with van der Waals surface area (Å²) >= 11 is 0. The van der Waals surface area contributed by atoms with Gasteiger partial charge in [0.05, 0.1) is 6.61 Å². The second-order valence-corrected chi connectivity index (χ2v) is 7.18. The lowest BCUT2D eigenvalue weighted by Crippen LogP contribution is -2.38. The summed E-state index contributed by atoms with van der Waals surface area (Å²) in [5.41, 5.74) is 5.42. The quantitative estimate of drug-likeness (QED) is 0.718. The first kappa shape index (κ1) is 22.2. The Hall–Kier alpha value is -0.120. The van der Waals surface area contributed by atoms with Gasteiger partial charge in [0.2, 0.25) is 0 Å². The zero-order chi connectivity index (χ0) is 16.3. The van der Waals surface area contributed by atoms with Crippen molar-refractivity contribution in [2.45, 2.75) is 86.4 Å². The molecule has 0 aromatic rings. The van der Waals surface area contributed by atoms with E-state index in [0.29, 0.717) is 18.0 Å². The fraction of sp³-hybridized carbons (Fsp3) is 1.00. The normalized spacial score (nSPS) is 13.3. The van der Waals surface area contributed by atoms with E-state index in [9.17, 15) is 0 Å². The third kappa shape index (κ3) is 14.3. The minimum atomic E-state index is -0.0185. The van der Waals surface area contributed by atoms with Crippen LogP contribution in [-0.2, 0) is 0 Å². The summed E-state index contributed by atoms with van der Waals surface area (Å²) < 4.78 is 0. The molecule has 1 unspecified atom stereocenters. The lowest BCUT2D eigenvalue weighted by Gasteiger charge is -2.31. The molecule has 1 atom stereocenters. The summed E-state index contributed by atoms with van der Waals surface area (Å²) in [4.78, 5) is 2.56. The molecule has 0 aliphatic heterocycles. The molecule has 0 aliphatic carbocycles. The predicted octanol–water partition coefficient (Wildman–Crippen LogP) is 3.50. The number of aliphatic hydroxyl groups is 1. The molecular weight excluding hydrogens is 248 g/mol. The Labute approximate surface area is 127 Å². The van der Waals surface area contributed by atoms with Gasteiger partial charge in [0.25, 0.3) is 0 Å². The number of aliphatic hydroxyl groups excluding tert-OH is 1. The van der Waals surface area contributed by atoms with Crippen molar-refractivity contribution in [3.05, 3.63) is 0 Å². The van der Waals surface area contributed by atoms with E-state index in [1.54, 1.807) is 0 Å². The van der Waals surface area contributed by atoms with Crippen molar-refractivity contribution in [1.82, 2.24) is 4.90 Å². The molecule has 0 amide bonds. The van der Waals surface area contributed by atoms with Gasteiger partial charge in [-0.3, -0.25) is 4.90 Å². The van der Waals surface area contributed by atoms with Crippen LogP contribution in [0.5, 0.6) is 0 Å². The van der Waals surface area contributed by atoms with Crippen LogP contribution in [-0.4, -0.2) is 41.3 Å². The zero-order valence-corrected chi connectivity index (χ0v) is 15.2. The third-order valence-corrected chi connectivity index (χ3v) is 3.30. The van der Waals surface area contributed by atoms with Crippen molar-refractivity contribution in [3.8, 4) is 0 Å². The van der Waals surface area contributed by atoms with Gasteiger partial charge in [0.1, 0.15) is 0 Å². The maximum Gasteiger partial charge on any atom is 0.0582 e. The van der Waals surface area contributed by atoms with Gasteiger partial charge in [-0.15, -0.1) is 0 Å². The SMILES string of the molecule is CC(C)CC(N)CO.CC(C)CCN(C(C)C)C(C)C. The van der Waals surface area contributed by atoms with Crippen LogP contribution in [0.1, 0.15) is 68.2 Å². The van der Waals surface area contributed by atoms with Crippen molar-refractivity contribution in [2.24, 2.45) is 17.6 Å². The molecule has 0 saturated carbocycles. The smallest absolute Gasteiger partial charge is 0.0582 e. The van der Waals surface area contributed by atoms with Gasteiger partial charge in [-0.2, -0.15) is 0 Å². The molecule has 0 fully saturated rings. The van der Waals surface area contributed by atoms with Crippen molar-refractivity contribution >= 4 is 0 Å². The van der Waals surface area contributed by atoms with Crippen LogP contribution in [0.2, 0.25) is 0 Å². The van der Waals surface area contributed by atoms with Crippen molar-refractivity contribution < 1.29 is 5.11 Å². The fourth-order valence-electron chi connectivity index (χ4n) is 2.20. The third-order valence-electron chi connectivity index (χ3n) is 3.30. The first-order valence-electron chi connectivity index (χ1n) is 8.23. The van der Waals surface area contributed by atoms with Crippen LogP contribution in [0.25, 0.3) is 0 Å². The minimum absolute atomic E-state index is 0.0185. The van der Waals surface area contributed by atoms with E-state index in [2.05, 4.69) is 60.3 Å². The van der Waals surface area contributed by atoms with Gasteiger partial charge >= 0.3 is 0 Å². The molecule has 3 N–H and O–H groups in total. The highest BCUT2D eigenvalue weighted by atomic mass is 16.3. The second kappa shape index (κ2) is 12.6. The zero-order valence-electron chi connectivity index (χ0n) is 15.2. The summed E-state index contributed by atoms with van der Waals surface area (Å²) in [6, 6.07) is 1.35. The first-order valence-corrected chi connectivity index (χ1v) is 8.23. The van der Waals surface area contributed by atoms with Crippen LogP contribution in [0.3, 0.4) is 0 Å². The molecule has 0 aliphatic rings. The van der Waals surface area contributed by atoms with Gasteiger partial charge in [-0.05, 0) is 58.9 Å². The number of hydrogen-bond donors (Lipinski definition) is 2. The average molecular weight is 289 g/mol. The van der Waals surface area contributed by atoms with E-state index >= 15 is 0 Å². The Morgan fingerprint density at radius 2 is 1.30 bits per heavy atom. The van der Waals surface area contributed by atoms with E-state index in [4.69, 9.17) is 10.8 Å². The number of rotatable bonds is 8. The van der Waals surface area contributed by atoms with Gasteiger partial charge in [-0.25, -0.2) is 0 Å². The molecule has 0 rings (SSSR count). The number of hydrogen-bond acceptors (Lipinski definition) is 3. The van der Waals surface area contributed by atoms with Crippen LogP contribution >= 0.6 is 0 Å². The molecule has 124 valence electrons. The van der Waals surface area contributed by atoms with E-state index in [-0.39, 0.29) is 12.6 Å². The highest BCUT2D eigenvalue weighted by molar-refractivity contribution is 4.67. The van der Waals surface area contributed by atoms with Gasteiger partial charge < -0.3 is 10.8 Å². The second-order valence-electron chi connectivity index (χ2n) is 7.18. The first-order chi connectivity index (χ1) is 9.11. The topological polar surface area (TPSA) is 49.5 Å². The summed E-state index contributed by atoms with van der Waals surface area (Å²) in [6.07, 6.45) is 2.23. The molecule has 0 bridgehead atoms. The van der Waals surface area contributed by atoms with E-state index in [0.717, 1.165) is 12.3 Å². The molecule has 0 aromatic heterocycles. The monoisotopic (exact) mass is 288 g/mol. The Balaban J connectivity index is 0. The van der Waals surface area contributed by atoms with E-state index < -0.39 is 0 Å². The van der Waals surface area contributed by atoms with E-state index in [1.807, 2.05) is 0 Å². The summed E-state index contributed by atoms with van der Waals surface area (Å²) in [5.74, 6) is 1.42. The van der Waals surface area contributed by atoms with Crippen LogP contribution in [0.15, 0.2) is 0 Å². The largest absolute Gasteiger partial charge is 0.395 e. The summed E-state index contributed by atoms with van der Waals surface area (Å²) in [7, 11) is 0. The van der Waals surface area contributed by atoms with Crippen molar-refractivity contribution in [2.75, 3.05) is 13.2 Å². The minimum Gasteiger partial charge on any atom is -0.395 e. The van der Waals surface area contributed by atoms with Gasteiger partial charge in [0.15, 0.2) is 0 Å². The fourth-order valence-corrected chi connectivity index (χ4v) is 2.20. The van der Waals surface area contributed by atoms with E-state index in [1.165, 1.54) is 13.0 Å². The Bertz CT molecular complexity index is 195. The van der Waals surface area contributed by atoms with Crippen LogP contribution < -0.4 is 5.73 Å². The molecule has 0 heterocycles. The molecule has 3 heteroatoms. The Kier molecular flexibility index (Phi) is 14.0. The molecule has 3 nitrogen and oxygen atoms in total. The molecular formula is C17H40N2O. The standard InChI is InChI=1S/C11H25N.C6H15NO/c1-9(2)7-8-12(10(3)4)11(5)6;1-5(2)3-6(7)4-8/h9-11H,7-8H2,1-6H3;5-6,8H,3-4,7H2,1-2H3. The molecule has 0 saturated heterocycles. The van der Waals surface area contributed by atoms with Gasteiger partial charge in [0, 0.05) is 18.1 Å². The molecule has 20 heavy (non-hydrogen) atoms. The maximum atomic E-state index is 8.46. The predicted molar refractivity (Wildman–Crippen MR) is 90.9 cm³/mol. The highest BCUT2D eigenvalue weighted by Gasteiger charge is 2.12. The highest BCUT2D eigenvalue weighted by Crippen LogP contribution is 2.09. The van der Waals surface area contributed by atoms with Crippen LogP contribution in [0, 0.1) is 11.8 Å². The molecule has 0 radical (unpaired) electrons.